The summed E-state index contributed by atoms with van der Waals surface area (Å²) in [6, 6.07) is 1.90. The van der Waals surface area contributed by atoms with Gasteiger partial charge in [-0.3, -0.25) is 0 Å². The Labute approximate surface area is 94.6 Å². The van der Waals surface area contributed by atoms with Gasteiger partial charge in [-0.1, -0.05) is 0 Å². The van der Waals surface area contributed by atoms with E-state index in [0.717, 1.165) is 37.9 Å². The van der Waals surface area contributed by atoms with E-state index in [1.165, 1.54) is 12.8 Å². The van der Waals surface area contributed by atoms with E-state index in [1.54, 1.807) is 0 Å². The van der Waals surface area contributed by atoms with E-state index in [2.05, 4.69) is 14.9 Å². The van der Waals surface area contributed by atoms with Gasteiger partial charge in [0.15, 0.2) is 0 Å². The summed E-state index contributed by atoms with van der Waals surface area (Å²) in [5, 5.41) is 0. The Morgan fingerprint density at radius 1 is 1.25 bits per heavy atom. The van der Waals surface area contributed by atoms with Crippen molar-refractivity contribution in [3.8, 4) is 0 Å². The third-order valence-electron chi connectivity index (χ3n) is 3.04. The van der Waals surface area contributed by atoms with Gasteiger partial charge in [0.05, 0.1) is 18.9 Å². The van der Waals surface area contributed by atoms with Gasteiger partial charge in [-0.25, -0.2) is 4.98 Å². The molecule has 3 rings (SSSR count). The number of nitrogens with zero attached hydrogens (tertiary/aromatic N) is 3. The lowest BCUT2D eigenvalue weighted by Gasteiger charge is -2.27. The van der Waals surface area contributed by atoms with Crippen molar-refractivity contribution in [2.45, 2.75) is 18.8 Å². The normalized spacial score (nSPS) is 21.1. The van der Waals surface area contributed by atoms with E-state index in [-0.39, 0.29) is 0 Å². The molecular formula is C11H16N4O. The fourth-order valence-corrected chi connectivity index (χ4v) is 1.97. The van der Waals surface area contributed by atoms with Crippen molar-refractivity contribution in [2.75, 3.05) is 36.9 Å². The first-order chi connectivity index (χ1) is 7.83. The summed E-state index contributed by atoms with van der Waals surface area (Å²) < 4.78 is 5.31. The van der Waals surface area contributed by atoms with Crippen LogP contribution in [0.3, 0.4) is 0 Å². The molecule has 1 aliphatic carbocycles. The van der Waals surface area contributed by atoms with E-state index in [9.17, 15) is 0 Å². The van der Waals surface area contributed by atoms with Crippen LogP contribution in [0.4, 0.5) is 11.8 Å². The minimum atomic E-state index is 0.582. The molecule has 0 unspecified atom stereocenters. The van der Waals surface area contributed by atoms with Gasteiger partial charge >= 0.3 is 0 Å². The van der Waals surface area contributed by atoms with Crippen LogP contribution < -0.4 is 10.6 Å². The number of ether oxygens (including phenoxy) is 1. The number of hydrogen-bond acceptors (Lipinski definition) is 5. The topological polar surface area (TPSA) is 64.3 Å². The Bertz CT molecular complexity index is 386. The zero-order valence-corrected chi connectivity index (χ0v) is 9.22. The molecule has 86 valence electrons. The molecule has 5 heteroatoms. The van der Waals surface area contributed by atoms with Crippen LogP contribution in [0.1, 0.15) is 24.5 Å². The number of rotatable bonds is 2. The maximum atomic E-state index is 5.82. The molecule has 1 aliphatic heterocycles. The summed E-state index contributed by atoms with van der Waals surface area (Å²) in [4.78, 5) is 11.0. The van der Waals surface area contributed by atoms with Gasteiger partial charge in [-0.15, -0.1) is 0 Å². The van der Waals surface area contributed by atoms with Gasteiger partial charge in [0.25, 0.3) is 0 Å². The number of aromatic nitrogens is 2. The second kappa shape index (κ2) is 3.90. The third-order valence-corrected chi connectivity index (χ3v) is 3.04. The third kappa shape index (κ3) is 1.95. The van der Waals surface area contributed by atoms with Crippen LogP contribution in [0, 0.1) is 0 Å². The predicted octanol–water partition coefficient (Wildman–Crippen LogP) is 0.773. The van der Waals surface area contributed by atoms with Crippen LogP contribution in [-0.2, 0) is 4.74 Å². The van der Waals surface area contributed by atoms with Crippen LogP contribution in [0.25, 0.3) is 0 Å². The number of anilines is 2. The molecular weight excluding hydrogens is 204 g/mol. The lowest BCUT2D eigenvalue weighted by Crippen LogP contribution is -2.37. The van der Waals surface area contributed by atoms with Gasteiger partial charge in [0, 0.05) is 25.1 Å². The van der Waals surface area contributed by atoms with Gasteiger partial charge in [0.1, 0.15) is 5.82 Å². The van der Waals surface area contributed by atoms with Crippen molar-refractivity contribution in [1.82, 2.24) is 9.97 Å². The SMILES string of the molecule is Nc1cc(C2CC2)nc(N2CCOCC2)n1. The zero-order chi connectivity index (χ0) is 11.0. The van der Waals surface area contributed by atoms with Crippen LogP contribution in [0.5, 0.6) is 0 Å². The Morgan fingerprint density at radius 3 is 2.69 bits per heavy atom. The maximum absolute atomic E-state index is 5.82. The fourth-order valence-electron chi connectivity index (χ4n) is 1.97. The van der Waals surface area contributed by atoms with E-state index in [0.29, 0.717) is 11.7 Å². The lowest BCUT2D eigenvalue weighted by molar-refractivity contribution is 0.122. The Morgan fingerprint density at radius 2 is 2.00 bits per heavy atom. The molecule has 2 N–H and O–H groups in total. The average molecular weight is 220 g/mol. The van der Waals surface area contributed by atoms with Gasteiger partial charge in [-0.05, 0) is 12.8 Å². The van der Waals surface area contributed by atoms with Crippen LogP contribution in [-0.4, -0.2) is 36.3 Å². The van der Waals surface area contributed by atoms with Gasteiger partial charge in [0.2, 0.25) is 5.95 Å². The number of morpholine rings is 1. The summed E-state index contributed by atoms with van der Waals surface area (Å²) in [6.07, 6.45) is 2.47. The van der Waals surface area contributed by atoms with Crippen molar-refractivity contribution in [1.29, 1.82) is 0 Å². The van der Waals surface area contributed by atoms with Crippen molar-refractivity contribution in [3.63, 3.8) is 0 Å². The van der Waals surface area contributed by atoms with E-state index in [1.807, 2.05) is 6.07 Å². The van der Waals surface area contributed by atoms with Gasteiger partial charge < -0.3 is 15.4 Å². The standard InChI is InChI=1S/C11H16N4O/c12-10-7-9(8-1-2-8)13-11(14-10)15-3-5-16-6-4-15/h7-8H,1-6H2,(H2,12,13,14). The summed E-state index contributed by atoms with van der Waals surface area (Å²) in [5.41, 5.74) is 6.93. The number of nitrogens with two attached hydrogens (primary N) is 1. The molecule has 2 fully saturated rings. The molecule has 1 aromatic heterocycles. The van der Waals surface area contributed by atoms with Crippen LogP contribution >= 0.6 is 0 Å². The molecule has 0 aromatic carbocycles. The van der Waals surface area contributed by atoms with Crippen LogP contribution in [0.2, 0.25) is 0 Å². The smallest absolute Gasteiger partial charge is 0.227 e. The molecule has 1 saturated heterocycles. The Kier molecular flexibility index (Phi) is 2.40. The van der Waals surface area contributed by atoms with Crippen molar-refractivity contribution >= 4 is 11.8 Å². The van der Waals surface area contributed by atoms with Crippen LogP contribution in [0.15, 0.2) is 6.07 Å². The fraction of sp³-hybridized carbons (Fsp3) is 0.636. The molecule has 0 amide bonds. The summed E-state index contributed by atoms with van der Waals surface area (Å²) >= 11 is 0. The van der Waals surface area contributed by atoms with Crippen molar-refractivity contribution in [2.24, 2.45) is 0 Å². The van der Waals surface area contributed by atoms with Gasteiger partial charge in [-0.2, -0.15) is 4.98 Å². The summed E-state index contributed by atoms with van der Waals surface area (Å²) in [5.74, 6) is 1.97. The molecule has 0 radical (unpaired) electrons. The zero-order valence-electron chi connectivity index (χ0n) is 9.22. The monoisotopic (exact) mass is 220 g/mol. The highest BCUT2D eigenvalue weighted by Crippen LogP contribution is 2.39. The molecule has 1 aromatic rings. The van der Waals surface area contributed by atoms with Crippen molar-refractivity contribution in [3.05, 3.63) is 11.8 Å². The molecule has 16 heavy (non-hydrogen) atoms. The highest BCUT2D eigenvalue weighted by atomic mass is 16.5. The molecule has 1 saturated carbocycles. The first kappa shape index (κ1) is 9.84. The quantitative estimate of drug-likeness (QED) is 0.797. The molecule has 2 heterocycles. The highest BCUT2D eigenvalue weighted by molar-refractivity contribution is 5.42. The summed E-state index contributed by atoms with van der Waals surface area (Å²) in [6.45, 7) is 3.20. The second-order valence-corrected chi connectivity index (χ2v) is 4.39. The Balaban J connectivity index is 1.86. The minimum Gasteiger partial charge on any atom is -0.384 e. The van der Waals surface area contributed by atoms with E-state index in [4.69, 9.17) is 10.5 Å². The molecule has 2 aliphatic rings. The maximum Gasteiger partial charge on any atom is 0.227 e. The van der Waals surface area contributed by atoms with E-state index >= 15 is 0 Å². The highest BCUT2D eigenvalue weighted by Gasteiger charge is 2.26. The lowest BCUT2D eigenvalue weighted by atomic mass is 10.3. The molecule has 5 nitrogen and oxygen atoms in total. The molecule has 0 atom stereocenters. The predicted molar refractivity (Wildman–Crippen MR) is 61.5 cm³/mol. The molecule has 0 spiro atoms. The first-order valence-electron chi connectivity index (χ1n) is 5.80. The first-order valence-corrected chi connectivity index (χ1v) is 5.80. The molecule has 0 bridgehead atoms. The average Bonchev–Trinajstić information content (AvgIpc) is 3.13. The minimum absolute atomic E-state index is 0.582. The van der Waals surface area contributed by atoms with Crippen molar-refractivity contribution < 1.29 is 4.74 Å². The number of nitrogen functional groups attached to an aromatic ring is 1. The second-order valence-electron chi connectivity index (χ2n) is 4.39. The van der Waals surface area contributed by atoms with E-state index < -0.39 is 0 Å². The summed E-state index contributed by atoms with van der Waals surface area (Å²) in [7, 11) is 0. The largest absolute Gasteiger partial charge is 0.384 e. The number of hydrogen-bond donors (Lipinski definition) is 1. The Hall–Kier alpha value is -1.36.